The van der Waals surface area contributed by atoms with Crippen LogP contribution >= 0.6 is 0 Å². The fraction of sp³-hybridized carbons (Fsp3) is 0.933. The number of likely N-dealkylation sites (N-methyl/N-ethyl adjacent to an activating group) is 1. The third-order valence-corrected chi connectivity index (χ3v) is 4.30. The molecule has 0 radical (unpaired) electrons. The summed E-state index contributed by atoms with van der Waals surface area (Å²) in [5.41, 5.74) is 0. The van der Waals surface area contributed by atoms with E-state index in [1.807, 2.05) is 4.90 Å². The number of nitrogens with zero attached hydrogens (tertiary/aromatic N) is 2. The van der Waals surface area contributed by atoms with Gasteiger partial charge in [0.25, 0.3) is 0 Å². The van der Waals surface area contributed by atoms with E-state index in [9.17, 15) is 4.79 Å². The second-order valence-corrected chi connectivity index (χ2v) is 5.78. The monoisotopic (exact) mass is 285 g/mol. The minimum Gasteiger partial charge on any atom is -0.383 e. The molecule has 0 bridgehead atoms. The molecule has 1 saturated heterocycles. The number of nitrogens with one attached hydrogen (secondary N) is 1. The molecule has 1 aliphatic heterocycles. The van der Waals surface area contributed by atoms with E-state index in [0.717, 1.165) is 39.1 Å². The average molecular weight is 285 g/mol. The molecule has 1 rings (SSSR count). The molecular weight excluding hydrogens is 254 g/mol. The second-order valence-electron chi connectivity index (χ2n) is 5.78. The van der Waals surface area contributed by atoms with E-state index >= 15 is 0 Å². The predicted molar refractivity (Wildman–Crippen MR) is 81.5 cm³/mol. The van der Waals surface area contributed by atoms with Crippen molar-refractivity contribution in [3.8, 4) is 0 Å². The lowest BCUT2D eigenvalue weighted by Gasteiger charge is -2.26. The van der Waals surface area contributed by atoms with Crippen molar-refractivity contribution in [3.63, 3.8) is 0 Å². The molecule has 0 spiro atoms. The number of ether oxygens (including phenoxy) is 1. The molecule has 5 nitrogen and oxygen atoms in total. The first kappa shape index (κ1) is 17.4. The maximum Gasteiger partial charge on any atom is 0.241 e. The Balaban J connectivity index is 2.52. The summed E-state index contributed by atoms with van der Waals surface area (Å²) in [4.78, 5) is 16.7. The first-order valence-corrected chi connectivity index (χ1v) is 7.79. The van der Waals surface area contributed by atoms with Gasteiger partial charge in [0.15, 0.2) is 0 Å². The zero-order valence-corrected chi connectivity index (χ0v) is 13.7. The number of hydrogen-bond acceptors (Lipinski definition) is 4. The van der Waals surface area contributed by atoms with Crippen LogP contribution in [0, 0.1) is 5.92 Å². The Labute approximate surface area is 123 Å². The number of carbonyl (C=O) groups is 1. The Morgan fingerprint density at radius 1 is 1.40 bits per heavy atom. The van der Waals surface area contributed by atoms with Gasteiger partial charge in [-0.1, -0.05) is 27.2 Å². The molecule has 0 aromatic carbocycles. The van der Waals surface area contributed by atoms with Crippen molar-refractivity contribution >= 4 is 5.91 Å². The van der Waals surface area contributed by atoms with Crippen LogP contribution in [-0.2, 0) is 9.53 Å². The molecule has 1 N–H and O–H groups in total. The van der Waals surface area contributed by atoms with Crippen molar-refractivity contribution < 1.29 is 9.53 Å². The molecule has 0 aromatic heterocycles. The maximum atomic E-state index is 12.5. The standard InChI is InChI=1S/C15H31N3O2/c1-6-12(3)14-15(19)18(13(7-2)16-14)9-8-17(4)10-11-20-5/h12-14,16H,6-11H2,1-5H3. The van der Waals surface area contributed by atoms with Crippen LogP contribution in [0.4, 0.5) is 0 Å². The number of amides is 1. The van der Waals surface area contributed by atoms with Crippen LogP contribution in [0.5, 0.6) is 0 Å². The highest BCUT2D eigenvalue weighted by Gasteiger charge is 2.39. The largest absolute Gasteiger partial charge is 0.383 e. The van der Waals surface area contributed by atoms with Crippen LogP contribution < -0.4 is 5.32 Å². The summed E-state index contributed by atoms with van der Waals surface area (Å²) < 4.78 is 5.08. The molecular formula is C15H31N3O2. The van der Waals surface area contributed by atoms with Crippen molar-refractivity contribution in [2.24, 2.45) is 5.92 Å². The van der Waals surface area contributed by atoms with E-state index in [1.165, 1.54) is 0 Å². The summed E-state index contributed by atoms with van der Waals surface area (Å²) >= 11 is 0. The lowest BCUT2D eigenvalue weighted by atomic mass is 9.99. The highest BCUT2D eigenvalue weighted by atomic mass is 16.5. The molecule has 1 aliphatic rings. The Morgan fingerprint density at radius 2 is 2.10 bits per heavy atom. The third-order valence-electron chi connectivity index (χ3n) is 4.30. The van der Waals surface area contributed by atoms with E-state index in [0.29, 0.717) is 5.92 Å². The van der Waals surface area contributed by atoms with Gasteiger partial charge in [-0.05, 0) is 19.4 Å². The van der Waals surface area contributed by atoms with E-state index in [4.69, 9.17) is 4.74 Å². The summed E-state index contributed by atoms with van der Waals surface area (Å²) in [5.74, 6) is 0.666. The molecule has 1 fully saturated rings. The first-order valence-electron chi connectivity index (χ1n) is 7.79. The van der Waals surface area contributed by atoms with Gasteiger partial charge in [-0.25, -0.2) is 0 Å². The minimum absolute atomic E-state index is 0.00534. The van der Waals surface area contributed by atoms with Crippen LogP contribution in [0.15, 0.2) is 0 Å². The van der Waals surface area contributed by atoms with Gasteiger partial charge < -0.3 is 14.5 Å². The van der Waals surface area contributed by atoms with Crippen molar-refractivity contribution in [2.75, 3.05) is 40.4 Å². The smallest absolute Gasteiger partial charge is 0.241 e. The summed E-state index contributed by atoms with van der Waals surface area (Å²) in [7, 11) is 3.78. The molecule has 0 aliphatic carbocycles. The van der Waals surface area contributed by atoms with Crippen LogP contribution in [-0.4, -0.2) is 68.3 Å². The molecule has 118 valence electrons. The van der Waals surface area contributed by atoms with Crippen LogP contribution in [0.1, 0.15) is 33.6 Å². The van der Waals surface area contributed by atoms with E-state index in [2.05, 4.69) is 38.0 Å². The molecule has 0 aromatic rings. The van der Waals surface area contributed by atoms with Gasteiger partial charge in [0.05, 0.1) is 18.8 Å². The maximum absolute atomic E-state index is 12.5. The zero-order chi connectivity index (χ0) is 15.1. The lowest BCUT2D eigenvalue weighted by Crippen LogP contribution is -2.41. The van der Waals surface area contributed by atoms with Crippen molar-refractivity contribution in [1.82, 2.24) is 15.1 Å². The lowest BCUT2D eigenvalue weighted by molar-refractivity contribution is -0.131. The highest BCUT2D eigenvalue weighted by Crippen LogP contribution is 2.20. The molecule has 0 saturated carbocycles. The third kappa shape index (κ3) is 4.43. The molecule has 5 heteroatoms. The Kier molecular flexibility index (Phi) is 7.48. The average Bonchev–Trinajstić information content (AvgIpc) is 2.78. The number of methoxy groups -OCH3 is 1. The fourth-order valence-electron chi connectivity index (χ4n) is 2.59. The summed E-state index contributed by atoms with van der Waals surface area (Å²) in [5, 5.41) is 3.49. The van der Waals surface area contributed by atoms with E-state index in [1.54, 1.807) is 7.11 Å². The highest BCUT2D eigenvalue weighted by molar-refractivity contribution is 5.84. The number of rotatable bonds is 9. The summed E-state index contributed by atoms with van der Waals surface area (Å²) in [6.45, 7) is 9.73. The van der Waals surface area contributed by atoms with Gasteiger partial charge in [-0.3, -0.25) is 10.1 Å². The minimum atomic E-state index is -0.00534. The van der Waals surface area contributed by atoms with Gasteiger partial charge in [-0.2, -0.15) is 0 Å². The van der Waals surface area contributed by atoms with Gasteiger partial charge in [0.1, 0.15) is 0 Å². The van der Waals surface area contributed by atoms with Crippen molar-refractivity contribution in [3.05, 3.63) is 0 Å². The van der Waals surface area contributed by atoms with Crippen LogP contribution in [0.2, 0.25) is 0 Å². The summed E-state index contributed by atoms with van der Waals surface area (Å²) in [6.07, 6.45) is 2.18. The fourth-order valence-corrected chi connectivity index (χ4v) is 2.59. The molecule has 20 heavy (non-hydrogen) atoms. The van der Waals surface area contributed by atoms with Crippen molar-refractivity contribution in [2.45, 2.75) is 45.8 Å². The van der Waals surface area contributed by atoms with Gasteiger partial charge >= 0.3 is 0 Å². The Bertz CT molecular complexity index is 299. The Morgan fingerprint density at radius 3 is 2.65 bits per heavy atom. The SMILES string of the molecule is CCC(C)C1NC(CC)N(CCN(C)CCOC)C1=O. The second kappa shape index (κ2) is 8.60. The molecule has 3 atom stereocenters. The van der Waals surface area contributed by atoms with Gasteiger partial charge in [0, 0.05) is 26.7 Å². The molecule has 1 heterocycles. The summed E-state index contributed by atoms with van der Waals surface area (Å²) in [6, 6.07) is -0.00534. The molecule has 3 unspecified atom stereocenters. The number of hydrogen-bond donors (Lipinski definition) is 1. The number of carbonyl (C=O) groups excluding carboxylic acids is 1. The topological polar surface area (TPSA) is 44.8 Å². The van der Waals surface area contributed by atoms with Gasteiger partial charge in [0.2, 0.25) is 5.91 Å². The first-order chi connectivity index (χ1) is 9.54. The molecule has 1 amide bonds. The van der Waals surface area contributed by atoms with Crippen LogP contribution in [0.25, 0.3) is 0 Å². The zero-order valence-electron chi connectivity index (χ0n) is 13.7. The Hall–Kier alpha value is -0.650. The van der Waals surface area contributed by atoms with Crippen LogP contribution in [0.3, 0.4) is 0 Å². The van der Waals surface area contributed by atoms with E-state index in [-0.39, 0.29) is 18.1 Å². The predicted octanol–water partition coefficient (Wildman–Crippen LogP) is 1.15. The van der Waals surface area contributed by atoms with E-state index < -0.39 is 0 Å². The normalized spacial score (nSPS) is 24.7. The van der Waals surface area contributed by atoms with Gasteiger partial charge in [-0.15, -0.1) is 0 Å². The quantitative estimate of drug-likeness (QED) is 0.690. The van der Waals surface area contributed by atoms with Crippen molar-refractivity contribution in [1.29, 1.82) is 0 Å².